The fourth-order valence-corrected chi connectivity index (χ4v) is 3.10. The van der Waals surface area contributed by atoms with Crippen molar-refractivity contribution in [3.8, 4) is 0 Å². The first kappa shape index (κ1) is 17.2. The largest absolute Gasteiger partial charge is 0.345 e. The molecule has 122 valence electrons. The van der Waals surface area contributed by atoms with Gasteiger partial charge in [0.2, 0.25) is 0 Å². The van der Waals surface area contributed by atoms with Gasteiger partial charge in [0.1, 0.15) is 0 Å². The number of benzene rings is 2. The van der Waals surface area contributed by atoms with E-state index in [0.29, 0.717) is 11.6 Å². The number of carbonyl (C=O) groups is 1. The van der Waals surface area contributed by atoms with Gasteiger partial charge in [0.25, 0.3) is 9.84 Å². The first-order valence-corrected chi connectivity index (χ1v) is 9.05. The number of nitrogens with one attached hydrogen (secondary N) is 1. The topological polar surface area (TPSA) is 63.2 Å². The number of amides is 1. The fraction of sp³-hybridized carbons (Fsp3) is 0.278. The van der Waals surface area contributed by atoms with Gasteiger partial charge in [-0.2, -0.15) is 0 Å². The fourth-order valence-electron chi connectivity index (χ4n) is 2.14. The van der Waals surface area contributed by atoms with Gasteiger partial charge >= 0.3 is 5.24 Å². The lowest BCUT2D eigenvalue weighted by Crippen LogP contribution is -2.21. The second-order valence-electron chi connectivity index (χ2n) is 5.66. The minimum atomic E-state index is -4.04. The van der Waals surface area contributed by atoms with Crippen LogP contribution >= 0.6 is 0 Å². The Bertz CT molecular complexity index is 778. The number of carbonyl (C=O) groups excluding carboxylic acids is 1. The number of hydrogen-bond donors (Lipinski definition) is 1. The van der Waals surface area contributed by atoms with Gasteiger partial charge in [-0.25, -0.2) is 8.42 Å². The molecule has 0 unspecified atom stereocenters. The third kappa shape index (κ3) is 3.99. The van der Waals surface area contributed by atoms with Crippen LogP contribution in [0.1, 0.15) is 37.3 Å². The quantitative estimate of drug-likeness (QED) is 0.896. The summed E-state index contributed by atoms with van der Waals surface area (Å²) in [6, 6.07) is 13.5. The van der Waals surface area contributed by atoms with Gasteiger partial charge in [-0.05, 0) is 49.1 Å². The number of aryl methyl sites for hydroxylation is 1. The van der Waals surface area contributed by atoms with Crippen LogP contribution in [0.25, 0.3) is 0 Å². The van der Waals surface area contributed by atoms with E-state index < -0.39 is 15.1 Å². The van der Waals surface area contributed by atoms with Crippen molar-refractivity contribution in [2.75, 3.05) is 5.32 Å². The zero-order valence-electron chi connectivity index (χ0n) is 13.5. The maximum Gasteiger partial charge on any atom is 0.345 e. The van der Waals surface area contributed by atoms with E-state index in [0.717, 1.165) is 17.5 Å². The highest BCUT2D eigenvalue weighted by Gasteiger charge is 2.24. The second-order valence-corrected chi connectivity index (χ2v) is 7.51. The summed E-state index contributed by atoms with van der Waals surface area (Å²) in [5, 5.41) is 1.44. The van der Waals surface area contributed by atoms with Crippen molar-refractivity contribution in [3.05, 3.63) is 59.7 Å². The molecular formula is C18H21NO3S. The Morgan fingerprint density at radius 1 is 1.04 bits per heavy atom. The highest BCUT2D eigenvalue weighted by molar-refractivity contribution is 8.06. The molecule has 0 radical (unpaired) electrons. The number of rotatable bonds is 4. The van der Waals surface area contributed by atoms with Gasteiger partial charge in [-0.15, -0.1) is 0 Å². The molecule has 1 amide bonds. The molecule has 0 spiro atoms. The summed E-state index contributed by atoms with van der Waals surface area (Å²) >= 11 is 0. The van der Waals surface area contributed by atoms with Gasteiger partial charge in [0.15, 0.2) is 0 Å². The number of anilines is 1. The summed E-state index contributed by atoms with van der Waals surface area (Å²) in [4.78, 5) is 12.1. The summed E-state index contributed by atoms with van der Waals surface area (Å²) in [6.07, 6.45) is 1.02. The zero-order chi connectivity index (χ0) is 17.0. The van der Waals surface area contributed by atoms with Gasteiger partial charge in [0.05, 0.1) is 4.90 Å². The molecule has 0 aliphatic carbocycles. The van der Waals surface area contributed by atoms with Crippen LogP contribution in [0.3, 0.4) is 0 Å². The van der Waals surface area contributed by atoms with E-state index in [1.807, 2.05) is 19.1 Å². The molecule has 5 heteroatoms. The van der Waals surface area contributed by atoms with Crippen LogP contribution in [0.5, 0.6) is 0 Å². The molecule has 0 heterocycles. The van der Waals surface area contributed by atoms with E-state index in [2.05, 4.69) is 19.2 Å². The first-order valence-electron chi connectivity index (χ1n) is 7.57. The van der Waals surface area contributed by atoms with E-state index >= 15 is 0 Å². The van der Waals surface area contributed by atoms with Crippen molar-refractivity contribution in [2.45, 2.75) is 38.0 Å². The SMILES string of the molecule is CC[C@@H](C)c1ccc(NC(=O)S(=O)(=O)c2ccc(C)cc2)cc1. The van der Waals surface area contributed by atoms with Crippen LogP contribution < -0.4 is 5.32 Å². The highest BCUT2D eigenvalue weighted by atomic mass is 32.2. The molecule has 0 fully saturated rings. The van der Waals surface area contributed by atoms with Crippen molar-refractivity contribution in [1.82, 2.24) is 0 Å². The third-order valence-electron chi connectivity index (χ3n) is 3.91. The molecule has 0 bridgehead atoms. The normalized spacial score (nSPS) is 12.7. The monoisotopic (exact) mass is 331 g/mol. The molecule has 4 nitrogen and oxygen atoms in total. The number of sulfone groups is 1. The Labute approximate surface area is 137 Å². The van der Waals surface area contributed by atoms with E-state index in [-0.39, 0.29) is 4.90 Å². The molecule has 2 rings (SSSR count). The summed E-state index contributed by atoms with van der Waals surface area (Å²) in [5.74, 6) is 0.427. The summed E-state index contributed by atoms with van der Waals surface area (Å²) < 4.78 is 24.5. The summed E-state index contributed by atoms with van der Waals surface area (Å²) in [7, 11) is -4.04. The van der Waals surface area contributed by atoms with Gasteiger partial charge in [-0.3, -0.25) is 4.79 Å². The van der Waals surface area contributed by atoms with Crippen molar-refractivity contribution >= 4 is 20.8 Å². The van der Waals surface area contributed by atoms with Crippen LogP contribution in [0.4, 0.5) is 10.5 Å². The molecule has 0 saturated carbocycles. The maximum absolute atomic E-state index is 12.3. The zero-order valence-corrected chi connectivity index (χ0v) is 14.4. The molecular weight excluding hydrogens is 310 g/mol. The molecule has 0 saturated heterocycles. The van der Waals surface area contributed by atoms with E-state index in [4.69, 9.17) is 0 Å². The Morgan fingerprint density at radius 2 is 1.61 bits per heavy atom. The minimum Gasteiger partial charge on any atom is -0.312 e. The van der Waals surface area contributed by atoms with Crippen LogP contribution in [-0.4, -0.2) is 13.7 Å². The summed E-state index contributed by atoms with van der Waals surface area (Å²) in [6.45, 7) is 6.08. The first-order chi connectivity index (χ1) is 10.8. The van der Waals surface area contributed by atoms with Crippen LogP contribution in [0.2, 0.25) is 0 Å². The Balaban J connectivity index is 2.16. The number of hydrogen-bond acceptors (Lipinski definition) is 3. The third-order valence-corrected chi connectivity index (χ3v) is 5.40. The van der Waals surface area contributed by atoms with Crippen LogP contribution in [0, 0.1) is 6.92 Å². The average molecular weight is 331 g/mol. The minimum absolute atomic E-state index is 0.00294. The Hall–Kier alpha value is -2.14. The Kier molecular flexibility index (Phi) is 5.21. The lowest BCUT2D eigenvalue weighted by Gasteiger charge is -2.11. The van der Waals surface area contributed by atoms with Crippen LogP contribution in [-0.2, 0) is 9.84 Å². The lowest BCUT2D eigenvalue weighted by molar-refractivity contribution is 0.267. The van der Waals surface area contributed by atoms with E-state index in [9.17, 15) is 13.2 Å². The average Bonchev–Trinajstić information content (AvgIpc) is 2.55. The Morgan fingerprint density at radius 3 is 2.13 bits per heavy atom. The molecule has 0 aliphatic rings. The lowest BCUT2D eigenvalue weighted by atomic mass is 9.99. The molecule has 2 aromatic carbocycles. The molecule has 1 N–H and O–H groups in total. The van der Waals surface area contributed by atoms with Gasteiger partial charge in [0, 0.05) is 5.69 Å². The summed E-state index contributed by atoms with van der Waals surface area (Å²) in [5.41, 5.74) is 2.56. The van der Waals surface area contributed by atoms with Crippen molar-refractivity contribution in [3.63, 3.8) is 0 Å². The van der Waals surface area contributed by atoms with Crippen molar-refractivity contribution < 1.29 is 13.2 Å². The molecule has 2 aromatic rings. The van der Waals surface area contributed by atoms with E-state index in [1.54, 1.807) is 24.3 Å². The second kappa shape index (κ2) is 6.96. The van der Waals surface area contributed by atoms with Gasteiger partial charge < -0.3 is 5.32 Å². The van der Waals surface area contributed by atoms with Crippen molar-refractivity contribution in [1.29, 1.82) is 0 Å². The van der Waals surface area contributed by atoms with Gasteiger partial charge in [-0.1, -0.05) is 43.7 Å². The maximum atomic E-state index is 12.3. The van der Waals surface area contributed by atoms with E-state index in [1.165, 1.54) is 12.1 Å². The predicted octanol–water partition coefficient (Wildman–Crippen LogP) is 4.51. The standard InChI is InChI=1S/C18H21NO3S/c1-4-14(3)15-7-9-16(10-8-15)19-18(20)23(21,22)17-11-5-13(2)6-12-17/h5-12,14H,4H2,1-3H3,(H,19,20)/t14-/m1/s1. The molecule has 1 atom stereocenters. The predicted molar refractivity (Wildman–Crippen MR) is 92.5 cm³/mol. The van der Waals surface area contributed by atoms with Crippen LogP contribution in [0.15, 0.2) is 53.4 Å². The van der Waals surface area contributed by atoms with Crippen molar-refractivity contribution in [2.24, 2.45) is 0 Å². The molecule has 0 aliphatic heterocycles. The molecule has 0 aromatic heterocycles. The smallest absolute Gasteiger partial charge is 0.312 e. The highest BCUT2D eigenvalue weighted by Crippen LogP contribution is 2.21. The molecule has 23 heavy (non-hydrogen) atoms.